The van der Waals surface area contributed by atoms with Crippen LogP contribution in [-0.2, 0) is 6.42 Å². The molecule has 0 spiro atoms. The van der Waals surface area contributed by atoms with Crippen LogP contribution in [0.3, 0.4) is 0 Å². The maximum absolute atomic E-state index is 10.3. The van der Waals surface area contributed by atoms with E-state index in [0.717, 1.165) is 12.1 Å². The number of phenolic OH excluding ortho intramolecular Hbond substituents is 1. The van der Waals surface area contributed by atoms with Crippen molar-refractivity contribution in [2.24, 2.45) is 5.73 Å². The fourth-order valence-corrected chi connectivity index (χ4v) is 2.27. The summed E-state index contributed by atoms with van der Waals surface area (Å²) in [6.07, 6.45) is 1.46. The molecule has 0 aliphatic rings. The van der Waals surface area contributed by atoms with Crippen LogP contribution < -0.4 is 11.5 Å². The molecule has 22 heavy (non-hydrogen) atoms. The molecule has 4 nitrogen and oxygen atoms in total. The van der Waals surface area contributed by atoms with Gasteiger partial charge in [0.25, 0.3) is 0 Å². The van der Waals surface area contributed by atoms with E-state index < -0.39 is 0 Å². The molecule has 0 radical (unpaired) electrons. The Morgan fingerprint density at radius 2 is 1.68 bits per heavy atom. The zero-order valence-corrected chi connectivity index (χ0v) is 13.6. The minimum Gasteiger partial charge on any atom is -0.508 e. The first-order chi connectivity index (χ1) is 10.3. The molecule has 0 aliphatic heterocycles. The highest BCUT2D eigenvalue weighted by molar-refractivity contribution is 6.38. The van der Waals surface area contributed by atoms with Gasteiger partial charge in [0, 0.05) is 11.7 Å². The Labute approximate surface area is 139 Å². The Balaban J connectivity index is 0.000000220. The molecule has 0 saturated heterocycles. The second-order valence-corrected chi connectivity index (χ2v) is 5.68. The lowest BCUT2D eigenvalue weighted by molar-refractivity contribution is 0.112. The van der Waals surface area contributed by atoms with Gasteiger partial charge in [0.05, 0.1) is 15.6 Å². The number of aromatic hydroxyl groups is 1. The first-order valence-corrected chi connectivity index (χ1v) is 7.32. The van der Waals surface area contributed by atoms with Gasteiger partial charge in [0.2, 0.25) is 0 Å². The summed E-state index contributed by atoms with van der Waals surface area (Å²) in [5, 5.41) is 9.24. The van der Waals surface area contributed by atoms with Gasteiger partial charge in [-0.1, -0.05) is 35.3 Å². The van der Waals surface area contributed by atoms with Crippen LogP contribution in [0.25, 0.3) is 0 Å². The molecular weight excluding hydrogens is 323 g/mol. The van der Waals surface area contributed by atoms with E-state index >= 15 is 0 Å². The van der Waals surface area contributed by atoms with Crippen LogP contribution in [0, 0.1) is 0 Å². The maximum Gasteiger partial charge on any atom is 0.153 e. The van der Waals surface area contributed by atoms with E-state index in [4.69, 9.17) is 39.8 Å². The first-order valence-electron chi connectivity index (χ1n) is 6.56. The van der Waals surface area contributed by atoms with Crippen molar-refractivity contribution >= 4 is 35.2 Å². The van der Waals surface area contributed by atoms with E-state index in [2.05, 4.69) is 0 Å². The third-order valence-corrected chi connectivity index (χ3v) is 3.34. The second kappa shape index (κ2) is 8.63. The van der Waals surface area contributed by atoms with E-state index in [-0.39, 0.29) is 27.4 Å². The molecule has 6 heteroatoms. The lowest BCUT2D eigenvalue weighted by atomic mass is 10.1. The summed E-state index contributed by atoms with van der Waals surface area (Å²) in [4.78, 5) is 10.3. The van der Waals surface area contributed by atoms with E-state index in [1.54, 1.807) is 0 Å². The standard InChI is InChI=1S/C9H14N2.C7H4Cl2O2/c1-7(10)6-8-2-4-9(11)5-3-8;8-6-1-4(11)2-7(9)5(6)3-10/h2-5,7H,6,10-11H2,1H3;1-3,11H. The lowest BCUT2D eigenvalue weighted by Gasteiger charge is -2.04. The largest absolute Gasteiger partial charge is 0.508 e. The number of halogens is 2. The van der Waals surface area contributed by atoms with E-state index in [1.807, 2.05) is 31.2 Å². The van der Waals surface area contributed by atoms with Crippen molar-refractivity contribution in [1.82, 2.24) is 0 Å². The summed E-state index contributed by atoms with van der Waals surface area (Å²) in [6.45, 7) is 2.00. The third kappa shape index (κ3) is 5.93. The number of hydrogen-bond donors (Lipinski definition) is 3. The molecule has 0 saturated carbocycles. The van der Waals surface area contributed by atoms with Gasteiger partial charge in [0.1, 0.15) is 5.75 Å². The highest BCUT2D eigenvalue weighted by Gasteiger charge is 2.05. The molecule has 0 aliphatic carbocycles. The molecule has 0 aromatic heterocycles. The average Bonchev–Trinajstić information content (AvgIpc) is 2.41. The molecule has 118 valence electrons. The number of aldehydes is 1. The molecule has 2 aromatic rings. The summed E-state index contributed by atoms with van der Waals surface area (Å²) >= 11 is 11.1. The van der Waals surface area contributed by atoms with Crippen molar-refractivity contribution in [3.8, 4) is 5.75 Å². The normalized spacial score (nSPS) is 11.3. The Bertz CT molecular complexity index is 606. The lowest BCUT2D eigenvalue weighted by Crippen LogP contribution is -2.17. The van der Waals surface area contributed by atoms with Crippen molar-refractivity contribution in [2.45, 2.75) is 19.4 Å². The van der Waals surface area contributed by atoms with Gasteiger partial charge < -0.3 is 16.6 Å². The van der Waals surface area contributed by atoms with Gasteiger partial charge in [-0.05, 0) is 43.2 Å². The maximum atomic E-state index is 10.3. The predicted molar refractivity (Wildman–Crippen MR) is 91.7 cm³/mol. The number of rotatable bonds is 3. The Morgan fingerprint density at radius 3 is 2.09 bits per heavy atom. The fraction of sp³-hybridized carbons (Fsp3) is 0.188. The molecule has 2 aromatic carbocycles. The Kier molecular flexibility index (Phi) is 7.18. The van der Waals surface area contributed by atoms with E-state index in [1.165, 1.54) is 17.7 Å². The molecule has 0 amide bonds. The minimum absolute atomic E-state index is 0.0504. The van der Waals surface area contributed by atoms with E-state index in [0.29, 0.717) is 6.29 Å². The SMILES string of the molecule is CC(N)Cc1ccc(N)cc1.O=Cc1c(Cl)cc(O)cc1Cl. The van der Waals surface area contributed by atoms with Gasteiger partial charge in [-0.15, -0.1) is 0 Å². The summed E-state index contributed by atoms with van der Waals surface area (Å²) in [7, 11) is 0. The topological polar surface area (TPSA) is 89.3 Å². The minimum atomic E-state index is -0.0504. The number of carbonyl (C=O) groups is 1. The highest BCUT2D eigenvalue weighted by Crippen LogP contribution is 2.27. The van der Waals surface area contributed by atoms with Crippen LogP contribution in [0.15, 0.2) is 36.4 Å². The molecule has 1 atom stereocenters. The van der Waals surface area contributed by atoms with Crippen molar-refractivity contribution in [1.29, 1.82) is 0 Å². The second-order valence-electron chi connectivity index (χ2n) is 4.86. The zero-order chi connectivity index (χ0) is 16.7. The molecule has 0 fully saturated rings. The molecule has 5 N–H and O–H groups in total. The molecule has 1 unspecified atom stereocenters. The third-order valence-electron chi connectivity index (χ3n) is 2.72. The van der Waals surface area contributed by atoms with E-state index in [9.17, 15) is 4.79 Å². The average molecular weight is 341 g/mol. The van der Waals surface area contributed by atoms with Crippen molar-refractivity contribution < 1.29 is 9.90 Å². The van der Waals surface area contributed by atoms with Gasteiger partial charge in [-0.2, -0.15) is 0 Å². The number of nitrogen functional groups attached to an aromatic ring is 1. The Morgan fingerprint density at radius 1 is 1.18 bits per heavy atom. The first kappa shape index (κ1) is 18.3. The fourth-order valence-electron chi connectivity index (χ4n) is 1.71. The molecule has 2 rings (SSSR count). The predicted octanol–water partition coefficient (Wildman–Crippen LogP) is 3.67. The van der Waals surface area contributed by atoms with Crippen molar-refractivity contribution in [2.75, 3.05) is 5.73 Å². The van der Waals surface area contributed by atoms with Crippen LogP contribution in [0.4, 0.5) is 5.69 Å². The molecule has 0 heterocycles. The van der Waals surface area contributed by atoms with Gasteiger partial charge in [-0.25, -0.2) is 0 Å². The Hall–Kier alpha value is -1.75. The number of nitrogens with two attached hydrogens (primary N) is 2. The number of benzene rings is 2. The number of carbonyl (C=O) groups excluding carboxylic acids is 1. The van der Waals surface area contributed by atoms with Crippen molar-refractivity contribution in [3.63, 3.8) is 0 Å². The number of hydrogen-bond acceptors (Lipinski definition) is 4. The summed E-state index contributed by atoms with van der Waals surface area (Å²) in [5.74, 6) is -0.0504. The van der Waals surface area contributed by atoms with Crippen LogP contribution >= 0.6 is 23.2 Å². The van der Waals surface area contributed by atoms with Crippen molar-refractivity contribution in [3.05, 3.63) is 57.6 Å². The summed E-state index contributed by atoms with van der Waals surface area (Å²) in [5.41, 5.74) is 13.4. The number of phenols is 1. The summed E-state index contributed by atoms with van der Waals surface area (Å²) < 4.78 is 0. The summed E-state index contributed by atoms with van der Waals surface area (Å²) in [6, 6.07) is 10.6. The smallest absolute Gasteiger partial charge is 0.153 e. The monoisotopic (exact) mass is 340 g/mol. The quantitative estimate of drug-likeness (QED) is 0.587. The van der Waals surface area contributed by atoms with Gasteiger partial charge >= 0.3 is 0 Å². The number of anilines is 1. The van der Waals surface area contributed by atoms with Crippen LogP contribution in [0.5, 0.6) is 5.75 Å². The van der Waals surface area contributed by atoms with Crippen LogP contribution in [-0.4, -0.2) is 17.4 Å². The molecular formula is C16H18Cl2N2O2. The van der Waals surface area contributed by atoms with Gasteiger partial charge in [-0.3, -0.25) is 4.79 Å². The highest BCUT2D eigenvalue weighted by atomic mass is 35.5. The zero-order valence-electron chi connectivity index (χ0n) is 12.1. The van der Waals surface area contributed by atoms with Gasteiger partial charge in [0.15, 0.2) is 6.29 Å². The van der Waals surface area contributed by atoms with Crippen LogP contribution in [0.1, 0.15) is 22.8 Å². The molecule has 0 bridgehead atoms. The van der Waals surface area contributed by atoms with Crippen LogP contribution in [0.2, 0.25) is 10.0 Å².